The van der Waals surface area contributed by atoms with E-state index in [1.165, 1.54) is 6.07 Å². The number of nitrogens with one attached hydrogen (secondary N) is 3. The zero-order chi connectivity index (χ0) is 23.6. The molecule has 1 aromatic carbocycles. The SMILES string of the molecule is CC(C)C[C@H](NC(=O)[C@@H](O)[C@H](O)[C@H]1CC(=O)N[C@H](C)N1)[C@@H]1Cc2cccc(O)c2C(=O)O1. The largest absolute Gasteiger partial charge is 0.507 e. The van der Waals surface area contributed by atoms with Crippen LogP contribution in [0.5, 0.6) is 5.75 Å². The number of esters is 1. The highest BCUT2D eigenvalue weighted by atomic mass is 16.5. The highest BCUT2D eigenvalue weighted by Crippen LogP contribution is 2.30. The number of rotatable bonds is 7. The van der Waals surface area contributed by atoms with Gasteiger partial charge < -0.3 is 30.7 Å². The molecule has 1 fully saturated rings. The Morgan fingerprint density at radius 3 is 2.62 bits per heavy atom. The van der Waals surface area contributed by atoms with Crippen molar-refractivity contribution in [2.45, 2.75) is 76.6 Å². The van der Waals surface area contributed by atoms with Gasteiger partial charge in [0, 0.05) is 18.9 Å². The summed E-state index contributed by atoms with van der Waals surface area (Å²) in [6, 6.07) is 3.35. The molecule has 2 aliphatic heterocycles. The molecule has 0 radical (unpaired) electrons. The Hall–Kier alpha value is -2.69. The van der Waals surface area contributed by atoms with Crippen LogP contribution >= 0.6 is 0 Å². The smallest absolute Gasteiger partial charge is 0.342 e. The molecular weight excluding hydrogens is 418 g/mol. The third kappa shape index (κ3) is 5.37. The van der Waals surface area contributed by atoms with Crippen LogP contribution in [0.3, 0.4) is 0 Å². The van der Waals surface area contributed by atoms with E-state index in [1.807, 2.05) is 13.8 Å². The van der Waals surface area contributed by atoms with Crippen LogP contribution in [0.15, 0.2) is 18.2 Å². The molecule has 32 heavy (non-hydrogen) atoms. The van der Waals surface area contributed by atoms with E-state index in [1.54, 1.807) is 19.1 Å². The first-order valence-electron chi connectivity index (χ1n) is 10.8. The number of fused-ring (bicyclic) bond motifs is 1. The normalized spacial score (nSPS) is 25.9. The van der Waals surface area contributed by atoms with Gasteiger partial charge in [0.1, 0.15) is 23.5 Å². The van der Waals surface area contributed by atoms with Gasteiger partial charge >= 0.3 is 5.97 Å². The molecule has 176 valence electrons. The molecule has 2 amide bonds. The lowest BCUT2D eigenvalue weighted by atomic mass is 9.90. The number of benzene rings is 1. The third-order valence-electron chi connectivity index (χ3n) is 5.77. The van der Waals surface area contributed by atoms with Gasteiger partial charge in [-0.3, -0.25) is 14.9 Å². The molecule has 6 atom stereocenters. The monoisotopic (exact) mass is 449 g/mol. The van der Waals surface area contributed by atoms with Crippen LogP contribution in [0, 0.1) is 5.92 Å². The van der Waals surface area contributed by atoms with Crippen molar-refractivity contribution >= 4 is 17.8 Å². The van der Waals surface area contributed by atoms with Crippen LogP contribution < -0.4 is 16.0 Å². The zero-order valence-electron chi connectivity index (χ0n) is 18.4. The highest BCUT2D eigenvalue weighted by molar-refractivity contribution is 5.95. The number of phenols is 1. The lowest BCUT2D eigenvalue weighted by molar-refractivity contribution is -0.141. The van der Waals surface area contributed by atoms with Crippen molar-refractivity contribution in [1.29, 1.82) is 0 Å². The number of carbonyl (C=O) groups is 3. The third-order valence-corrected chi connectivity index (χ3v) is 5.77. The van der Waals surface area contributed by atoms with E-state index in [0.29, 0.717) is 12.0 Å². The summed E-state index contributed by atoms with van der Waals surface area (Å²) in [6.07, 6.45) is -3.73. The van der Waals surface area contributed by atoms with E-state index < -0.39 is 48.4 Å². The molecule has 0 bridgehead atoms. The van der Waals surface area contributed by atoms with Gasteiger partial charge in [-0.25, -0.2) is 4.79 Å². The average Bonchev–Trinajstić information content (AvgIpc) is 2.70. The minimum absolute atomic E-state index is 0.0776. The molecule has 0 spiro atoms. The standard InChI is InChI=1S/C22H31N3O7/c1-10(2)7-13(16-8-12-5-4-6-15(26)18(12)22(31)32-16)25-21(30)20(29)19(28)14-9-17(27)24-11(3)23-14/h4-6,10-11,13-14,16,19-20,23,26,28-29H,7-9H2,1-3H3,(H,24,27)(H,25,30)/t11-,13+,14-,16+,19-,20+/m1/s1. The van der Waals surface area contributed by atoms with Gasteiger partial charge in [-0.15, -0.1) is 0 Å². The molecule has 2 heterocycles. The van der Waals surface area contributed by atoms with Gasteiger partial charge in [-0.05, 0) is 30.9 Å². The fourth-order valence-electron chi connectivity index (χ4n) is 4.27. The Bertz CT molecular complexity index is 875. The molecule has 0 unspecified atom stereocenters. The summed E-state index contributed by atoms with van der Waals surface area (Å²) in [5, 5.41) is 39.2. The number of carbonyl (C=O) groups excluding carboxylic acids is 3. The minimum Gasteiger partial charge on any atom is -0.507 e. The van der Waals surface area contributed by atoms with Gasteiger partial charge in [-0.2, -0.15) is 0 Å². The Morgan fingerprint density at radius 1 is 1.25 bits per heavy atom. The number of amides is 2. The number of hydrogen-bond acceptors (Lipinski definition) is 8. The van der Waals surface area contributed by atoms with Crippen LogP contribution in [-0.2, 0) is 20.7 Å². The van der Waals surface area contributed by atoms with Crippen LogP contribution in [0.4, 0.5) is 0 Å². The molecule has 10 nitrogen and oxygen atoms in total. The van der Waals surface area contributed by atoms with Crippen molar-refractivity contribution in [3.8, 4) is 5.75 Å². The number of aromatic hydroxyl groups is 1. The second-order valence-electron chi connectivity index (χ2n) is 8.91. The molecule has 10 heteroatoms. The maximum atomic E-state index is 12.8. The van der Waals surface area contributed by atoms with Crippen molar-refractivity contribution < 1.29 is 34.4 Å². The van der Waals surface area contributed by atoms with Crippen LogP contribution in [0.25, 0.3) is 0 Å². The first-order valence-corrected chi connectivity index (χ1v) is 10.8. The Morgan fingerprint density at radius 2 is 1.97 bits per heavy atom. The number of aliphatic hydroxyl groups is 2. The van der Waals surface area contributed by atoms with Gasteiger partial charge in [0.15, 0.2) is 6.10 Å². The zero-order valence-corrected chi connectivity index (χ0v) is 18.4. The summed E-state index contributed by atoms with van der Waals surface area (Å²) in [4.78, 5) is 37.0. The molecular formula is C22H31N3O7. The summed E-state index contributed by atoms with van der Waals surface area (Å²) < 4.78 is 5.52. The first kappa shape index (κ1) is 24.0. The lowest BCUT2D eigenvalue weighted by Crippen LogP contribution is -2.62. The topological polar surface area (TPSA) is 157 Å². The average molecular weight is 450 g/mol. The van der Waals surface area contributed by atoms with Gasteiger partial charge in [0.05, 0.1) is 12.2 Å². The summed E-state index contributed by atoms with van der Waals surface area (Å²) in [6.45, 7) is 5.58. The van der Waals surface area contributed by atoms with Gasteiger partial charge in [-0.1, -0.05) is 26.0 Å². The number of phenolic OH excluding ortho intramolecular Hbond substituents is 1. The van der Waals surface area contributed by atoms with Crippen LogP contribution in [0.2, 0.25) is 0 Å². The van der Waals surface area contributed by atoms with Crippen molar-refractivity contribution in [1.82, 2.24) is 16.0 Å². The fraction of sp³-hybridized carbons (Fsp3) is 0.591. The molecule has 3 rings (SSSR count). The summed E-state index contributed by atoms with van der Waals surface area (Å²) in [7, 11) is 0. The Balaban J connectivity index is 1.72. The molecule has 1 aromatic rings. The van der Waals surface area contributed by atoms with Crippen LogP contribution in [0.1, 0.15) is 49.5 Å². The molecule has 2 aliphatic rings. The molecule has 0 saturated carbocycles. The predicted octanol–water partition coefficient (Wildman–Crippen LogP) is -0.449. The molecule has 0 aromatic heterocycles. The van der Waals surface area contributed by atoms with Crippen molar-refractivity contribution in [2.24, 2.45) is 5.92 Å². The summed E-state index contributed by atoms with van der Waals surface area (Å²) in [5.74, 6) is -1.81. The second-order valence-corrected chi connectivity index (χ2v) is 8.91. The van der Waals surface area contributed by atoms with E-state index >= 15 is 0 Å². The maximum Gasteiger partial charge on any atom is 0.342 e. The van der Waals surface area contributed by atoms with Crippen molar-refractivity contribution in [3.63, 3.8) is 0 Å². The first-order chi connectivity index (χ1) is 15.1. The molecule has 1 saturated heterocycles. The second kappa shape index (κ2) is 9.85. The minimum atomic E-state index is -1.78. The number of cyclic esters (lactones) is 1. The quantitative estimate of drug-likeness (QED) is 0.306. The van der Waals surface area contributed by atoms with Crippen molar-refractivity contribution in [2.75, 3.05) is 0 Å². The van der Waals surface area contributed by atoms with E-state index in [0.717, 1.165) is 0 Å². The van der Waals surface area contributed by atoms with E-state index in [-0.39, 0.29) is 36.0 Å². The van der Waals surface area contributed by atoms with E-state index in [9.17, 15) is 29.7 Å². The maximum absolute atomic E-state index is 12.8. The number of hydrogen-bond donors (Lipinski definition) is 6. The highest BCUT2D eigenvalue weighted by Gasteiger charge is 2.39. The van der Waals surface area contributed by atoms with Crippen LogP contribution in [-0.4, -0.2) is 69.7 Å². The number of aliphatic hydroxyl groups excluding tert-OH is 2. The Labute approximate surface area is 186 Å². The number of ether oxygens (including phenoxy) is 1. The van der Waals surface area contributed by atoms with Gasteiger partial charge in [0.25, 0.3) is 5.91 Å². The lowest BCUT2D eigenvalue weighted by Gasteiger charge is -2.36. The summed E-state index contributed by atoms with van der Waals surface area (Å²) in [5.41, 5.74) is 0.728. The van der Waals surface area contributed by atoms with Crippen molar-refractivity contribution in [3.05, 3.63) is 29.3 Å². The van der Waals surface area contributed by atoms with Gasteiger partial charge in [0.2, 0.25) is 5.91 Å². The molecule has 0 aliphatic carbocycles. The Kier molecular flexibility index (Phi) is 7.37. The predicted molar refractivity (Wildman–Crippen MR) is 114 cm³/mol. The van der Waals surface area contributed by atoms with E-state index in [4.69, 9.17) is 4.74 Å². The fourth-order valence-corrected chi connectivity index (χ4v) is 4.27. The molecule has 6 N–H and O–H groups in total. The summed E-state index contributed by atoms with van der Waals surface area (Å²) >= 11 is 0. The van der Waals surface area contributed by atoms with E-state index in [2.05, 4.69) is 16.0 Å².